The van der Waals surface area contributed by atoms with Crippen LogP contribution >= 0.6 is 11.3 Å². The first-order chi connectivity index (χ1) is 10.9. The van der Waals surface area contributed by atoms with E-state index in [0.717, 1.165) is 29.7 Å². The fraction of sp³-hybridized carbons (Fsp3) is 0.412. The highest BCUT2D eigenvalue weighted by Crippen LogP contribution is 2.49. The molecule has 1 aromatic heterocycles. The minimum atomic E-state index is -3.52. The van der Waals surface area contributed by atoms with Crippen LogP contribution in [0.4, 0.5) is 0 Å². The molecule has 4 nitrogen and oxygen atoms in total. The van der Waals surface area contributed by atoms with Gasteiger partial charge in [-0.15, -0.1) is 11.3 Å². The van der Waals surface area contributed by atoms with Gasteiger partial charge in [-0.1, -0.05) is 6.07 Å². The van der Waals surface area contributed by atoms with Crippen molar-refractivity contribution in [3.8, 4) is 5.75 Å². The molecule has 124 valence electrons. The van der Waals surface area contributed by atoms with Crippen molar-refractivity contribution in [2.45, 2.75) is 37.0 Å². The van der Waals surface area contributed by atoms with Crippen molar-refractivity contribution in [1.29, 1.82) is 0 Å². The van der Waals surface area contributed by atoms with Crippen LogP contribution in [0.25, 0.3) is 0 Å². The van der Waals surface area contributed by atoms with Crippen LogP contribution in [-0.4, -0.2) is 22.1 Å². The summed E-state index contributed by atoms with van der Waals surface area (Å²) in [4.78, 5) is 1.57. The van der Waals surface area contributed by atoms with Crippen LogP contribution in [-0.2, 0) is 15.4 Å². The van der Waals surface area contributed by atoms with E-state index in [9.17, 15) is 8.42 Å². The molecule has 1 fully saturated rings. The first-order valence-electron chi connectivity index (χ1n) is 7.57. The van der Waals surface area contributed by atoms with Crippen molar-refractivity contribution in [2.75, 3.05) is 13.7 Å². The van der Waals surface area contributed by atoms with Gasteiger partial charge in [-0.2, -0.15) is 0 Å². The lowest BCUT2D eigenvalue weighted by Gasteiger charge is -2.16. The molecule has 0 aliphatic heterocycles. The number of ether oxygens (including phenoxy) is 1. The lowest BCUT2D eigenvalue weighted by molar-refractivity contribution is 0.408. The SMILES string of the molecule is COc1c(C)cc(S(=O)(=O)NCC2(c3cccs3)CC2)cc1C. The smallest absolute Gasteiger partial charge is 0.240 e. The fourth-order valence-corrected chi connectivity index (χ4v) is 5.23. The molecule has 0 radical (unpaired) electrons. The Morgan fingerprint density at radius 3 is 2.39 bits per heavy atom. The zero-order valence-electron chi connectivity index (χ0n) is 13.5. The Morgan fingerprint density at radius 2 is 1.91 bits per heavy atom. The van der Waals surface area contributed by atoms with Gasteiger partial charge in [-0.3, -0.25) is 0 Å². The largest absolute Gasteiger partial charge is 0.496 e. The lowest BCUT2D eigenvalue weighted by atomic mass is 10.1. The van der Waals surface area contributed by atoms with Crippen LogP contribution in [0.5, 0.6) is 5.75 Å². The van der Waals surface area contributed by atoms with Gasteiger partial charge in [0.1, 0.15) is 5.75 Å². The molecule has 0 spiro atoms. The van der Waals surface area contributed by atoms with E-state index in [2.05, 4.69) is 10.8 Å². The fourth-order valence-electron chi connectivity index (χ4n) is 2.95. The number of thiophene rings is 1. The van der Waals surface area contributed by atoms with E-state index < -0.39 is 10.0 Å². The molecule has 1 aromatic carbocycles. The first kappa shape index (κ1) is 16.5. The molecule has 1 N–H and O–H groups in total. The quantitative estimate of drug-likeness (QED) is 0.868. The van der Waals surface area contributed by atoms with Crippen LogP contribution in [0.3, 0.4) is 0 Å². The summed E-state index contributed by atoms with van der Waals surface area (Å²) in [5.74, 6) is 0.737. The molecule has 0 amide bonds. The Hall–Kier alpha value is -1.37. The van der Waals surface area contributed by atoms with Crippen LogP contribution < -0.4 is 9.46 Å². The number of hydrogen-bond acceptors (Lipinski definition) is 4. The van der Waals surface area contributed by atoms with Gasteiger partial charge in [0.15, 0.2) is 0 Å². The summed E-state index contributed by atoms with van der Waals surface area (Å²) in [5, 5.41) is 2.04. The van der Waals surface area contributed by atoms with Crippen molar-refractivity contribution < 1.29 is 13.2 Å². The second kappa shape index (κ2) is 5.92. The van der Waals surface area contributed by atoms with Gasteiger partial charge in [0, 0.05) is 16.8 Å². The summed E-state index contributed by atoms with van der Waals surface area (Å²) >= 11 is 1.70. The predicted molar refractivity (Wildman–Crippen MR) is 92.9 cm³/mol. The Kier molecular flexibility index (Phi) is 4.25. The number of methoxy groups -OCH3 is 1. The molecule has 0 unspecified atom stereocenters. The summed E-state index contributed by atoms with van der Waals surface area (Å²) in [6, 6.07) is 7.44. The van der Waals surface area contributed by atoms with Gasteiger partial charge < -0.3 is 4.74 Å². The van der Waals surface area contributed by atoms with E-state index in [4.69, 9.17) is 4.74 Å². The average molecular weight is 351 g/mol. The van der Waals surface area contributed by atoms with Gasteiger partial charge >= 0.3 is 0 Å². The normalized spacial score (nSPS) is 16.3. The summed E-state index contributed by atoms with van der Waals surface area (Å²) in [6.07, 6.45) is 2.08. The number of benzene rings is 1. The molecule has 1 heterocycles. The van der Waals surface area contributed by atoms with Crippen molar-refractivity contribution in [1.82, 2.24) is 4.72 Å². The van der Waals surface area contributed by atoms with Crippen LogP contribution in [0, 0.1) is 13.8 Å². The van der Waals surface area contributed by atoms with E-state index in [0.29, 0.717) is 11.4 Å². The van der Waals surface area contributed by atoms with Crippen molar-refractivity contribution in [3.63, 3.8) is 0 Å². The molecule has 1 aliphatic carbocycles. The van der Waals surface area contributed by atoms with Gasteiger partial charge in [0.05, 0.1) is 12.0 Å². The van der Waals surface area contributed by atoms with E-state index >= 15 is 0 Å². The molecule has 0 saturated heterocycles. The van der Waals surface area contributed by atoms with E-state index in [1.54, 1.807) is 30.6 Å². The second-order valence-electron chi connectivity index (χ2n) is 6.17. The van der Waals surface area contributed by atoms with Crippen LogP contribution in [0.2, 0.25) is 0 Å². The minimum absolute atomic E-state index is 0.00219. The molecular formula is C17H21NO3S2. The lowest BCUT2D eigenvalue weighted by Crippen LogP contribution is -2.32. The molecule has 0 atom stereocenters. The van der Waals surface area contributed by atoms with Gasteiger partial charge in [-0.25, -0.2) is 13.1 Å². The molecule has 3 rings (SSSR count). The van der Waals surface area contributed by atoms with Crippen molar-refractivity contribution in [2.24, 2.45) is 0 Å². The summed E-state index contributed by atoms with van der Waals surface area (Å²) in [5.41, 5.74) is 1.65. The highest BCUT2D eigenvalue weighted by atomic mass is 32.2. The monoisotopic (exact) mass is 351 g/mol. The summed E-state index contributed by atoms with van der Waals surface area (Å²) < 4.78 is 33.4. The third-order valence-electron chi connectivity index (χ3n) is 4.45. The molecule has 0 bridgehead atoms. The standard InChI is InChI=1S/C17H21NO3S2/c1-12-9-14(10-13(2)16(12)21-3)23(19,20)18-11-17(6-7-17)15-5-4-8-22-15/h4-5,8-10,18H,6-7,11H2,1-3H3. The Bertz CT molecular complexity index is 783. The summed E-state index contributed by atoms with van der Waals surface area (Å²) in [7, 11) is -1.92. The molecule has 1 aliphatic rings. The van der Waals surface area contributed by atoms with Crippen molar-refractivity contribution >= 4 is 21.4 Å². The number of hydrogen-bond donors (Lipinski definition) is 1. The molecule has 6 heteroatoms. The zero-order chi connectivity index (χ0) is 16.7. The summed E-state index contributed by atoms with van der Waals surface area (Å²) in [6.45, 7) is 4.18. The predicted octanol–water partition coefficient (Wildman–Crippen LogP) is 3.38. The minimum Gasteiger partial charge on any atom is -0.496 e. The number of sulfonamides is 1. The number of aryl methyl sites for hydroxylation is 2. The highest BCUT2D eigenvalue weighted by Gasteiger charge is 2.45. The number of nitrogens with one attached hydrogen (secondary N) is 1. The van der Waals surface area contributed by atoms with Gasteiger partial charge in [0.2, 0.25) is 10.0 Å². The molecule has 23 heavy (non-hydrogen) atoms. The topological polar surface area (TPSA) is 55.4 Å². The Balaban J connectivity index is 1.80. The Morgan fingerprint density at radius 1 is 1.26 bits per heavy atom. The Labute approximate surface area is 141 Å². The average Bonchev–Trinajstić information content (AvgIpc) is 3.09. The maximum Gasteiger partial charge on any atom is 0.240 e. The van der Waals surface area contributed by atoms with Gasteiger partial charge in [-0.05, 0) is 61.4 Å². The maximum atomic E-state index is 12.6. The molecular weight excluding hydrogens is 330 g/mol. The van der Waals surface area contributed by atoms with Crippen LogP contribution in [0.15, 0.2) is 34.5 Å². The molecule has 1 saturated carbocycles. The molecule has 2 aromatic rings. The first-order valence-corrected chi connectivity index (χ1v) is 9.93. The van der Waals surface area contributed by atoms with E-state index in [1.807, 2.05) is 25.3 Å². The second-order valence-corrected chi connectivity index (χ2v) is 8.89. The highest BCUT2D eigenvalue weighted by molar-refractivity contribution is 7.89. The van der Waals surface area contributed by atoms with Crippen molar-refractivity contribution in [3.05, 3.63) is 45.6 Å². The van der Waals surface area contributed by atoms with E-state index in [-0.39, 0.29) is 5.41 Å². The number of rotatable bonds is 6. The maximum absolute atomic E-state index is 12.6. The van der Waals surface area contributed by atoms with Crippen LogP contribution in [0.1, 0.15) is 28.8 Å². The third-order valence-corrected chi connectivity index (χ3v) is 6.94. The zero-order valence-corrected chi connectivity index (χ0v) is 15.2. The van der Waals surface area contributed by atoms with Gasteiger partial charge in [0.25, 0.3) is 0 Å². The van der Waals surface area contributed by atoms with E-state index in [1.165, 1.54) is 4.88 Å². The third kappa shape index (κ3) is 3.16.